The number of nitrogens with one attached hydrogen (secondary N) is 2. The molecule has 0 radical (unpaired) electrons. The first kappa shape index (κ1) is 19.7. The maximum absolute atomic E-state index is 14.9. The van der Waals surface area contributed by atoms with Gasteiger partial charge < -0.3 is 14.8 Å². The SMILES string of the molecule is O=C1CCC(N2Cc3cc(N4CCN(Cc5cnc[nH]5)CC4)c(F)cc3C2=O)C(=O)N1. The predicted octanol–water partition coefficient (Wildman–Crippen LogP) is 0.632. The number of amides is 3. The number of carbonyl (C=O) groups is 3. The molecule has 3 aliphatic heterocycles. The van der Waals surface area contributed by atoms with Crippen molar-refractivity contribution < 1.29 is 18.8 Å². The standard InChI is InChI=1S/C21H23FN6O3/c22-16-8-15-13(10-28(21(15)31)17-1-2-19(29)25-20(17)30)7-18(16)27-5-3-26(4-6-27)11-14-9-23-12-24-14/h7-9,12,17H,1-6,10-11H2,(H,23,24)(H,25,29,30). The minimum atomic E-state index is -0.699. The number of benzene rings is 1. The Hall–Kier alpha value is -3.27. The van der Waals surface area contributed by atoms with Gasteiger partial charge in [0.25, 0.3) is 5.91 Å². The number of imide groups is 1. The third kappa shape index (κ3) is 3.67. The zero-order valence-electron chi connectivity index (χ0n) is 16.9. The molecular weight excluding hydrogens is 403 g/mol. The Morgan fingerprint density at radius 1 is 1.13 bits per heavy atom. The fourth-order valence-electron chi connectivity index (χ4n) is 4.58. The van der Waals surface area contributed by atoms with Gasteiger partial charge in [0.15, 0.2) is 0 Å². The molecule has 10 heteroatoms. The van der Waals surface area contributed by atoms with Crippen LogP contribution in [0.5, 0.6) is 0 Å². The number of H-pyrrole nitrogens is 1. The number of piperazine rings is 1. The van der Waals surface area contributed by atoms with Gasteiger partial charge >= 0.3 is 0 Å². The average molecular weight is 426 g/mol. The number of hydrogen-bond acceptors (Lipinski definition) is 6. The Bertz CT molecular complexity index is 1030. The Labute approximate surface area is 178 Å². The van der Waals surface area contributed by atoms with Crippen LogP contribution in [0.2, 0.25) is 0 Å². The van der Waals surface area contributed by atoms with Crippen molar-refractivity contribution in [1.29, 1.82) is 0 Å². The van der Waals surface area contributed by atoms with Crippen molar-refractivity contribution in [3.05, 3.63) is 47.3 Å². The van der Waals surface area contributed by atoms with E-state index >= 15 is 0 Å². The van der Waals surface area contributed by atoms with Crippen molar-refractivity contribution in [2.75, 3.05) is 31.1 Å². The number of carbonyl (C=O) groups excluding carboxylic acids is 3. The summed E-state index contributed by atoms with van der Waals surface area (Å²) in [4.78, 5) is 49.3. The Morgan fingerprint density at radius 2 is 1.94 bits per heavy atom. The van der Waals surface area contributed by atoms with E-state index in [9.17, 15) is 18.8 Å². The molecule has 4 heterocycles. The summed E-state index contributed by atoms with van der Waals surface area (Å²) >= 11 is 0. The van der Waals surface area contributed by atoms with E-state index in [0.717, 1.165) is 25.3 Å². The highest BCUT2D eigenvalue weighted by molar-refractivity contribution is 6.05. The molecule has 2 N–H and O–H groups in total. The first-order valence-electron chi connectivity index (χ1n) is 10.4. The average Bonchev–Trinajstić information content (AvgIpc) is 3.37. The molecule has 3 aliphatic rings. The van der Waals surface area contributed by atoms with E-state index in [-0.39, 0.29) is 31.2 Å². The van der Waals surface area contributed by atoms with Crippen molar-refractivity contribution in [1.82, 2.24) is 25.1 Å². The van der Waals surface area contributed by atoms with Gasteiger partial charge in [0.05, 0.1) is 12.0 Å². The Morgan fingerprint density at radius 3 is 2.65 bits per heavy atom. The lowest BCUT2D eigenvalue weighted by molar-refractivity contribution is -0.136. The zero-order valence-corrected chi connectivity index (χ0v) is 16.9. The van der Waals surface area contributed by atoms with Crippen LogP contribution in [-0.2, 0) is 22.7 Å². The minimum Gasteiger partial charge on any atom is -0.367 e. The van der Waals surface area contributed by atoms with E-state index in [4.69, 9.17) is 0 Å². The third-order valence-corrected chi connectivity index (χ3v) is 6.25. The lowest BCUT2D eigenvalue weighted by atomic mass is 10.0. The quantitative estimate of drug-likeness (QED) is 0.696. The van der Waals surface area contributed by atoms with Crippen LogP contribution >= 0.6 is 0 Å². The lowest BCUT2D eigenvalue weighted by Crippen LogP contribution is -2.52. The highest BCUT2D eigenvalue weighted by Gasteiger charge is 2.39. The number of hydrogen-bond donors (Lipinski definition) is 2. The summed E-state index contributed by atoms with van der Waals surface area (Å²) in [6, 6.07) is 2.32. The summed E-state index contributed by atoms with van der Waals surface area (Å²) in [6.07, 6.45) is 3.94. The fourth-order valence-corrected chi connectivity index (χ4v) is 4.58. The molecule has 1 atom stereocenters. The molecular formula is C21H23FN6O3. The lowest BCUT2D eigenvalue weighted by Gasteiger charge is -2.36. The van der Waals surface area contributed by atoms with Gasteiger partial charge in [-0.2, -0.15) is 0 Å². The number of aromatic amines is 1. The second-order valence-electron chi connectivity index (χ2n) is 8.20. The van der Waals surface area contributed by atoms with Gasteiger partial charge in [0.1, 0.15) is 11.9 Å². The van der Waals surface area contributed by atoms with Crippen LogP contribution in [-0.4, -0.2) is 69.7 Å². The van der Waals surface area contributed by atoms with E-state index in [0.29, 0.717) is 29.9 Å². The minimum absolute atomic E-state index is 0.193. The van der Waals surface area contributed by atoms with Crippen LogP contribution in [0.3, 0.4) is 0 Å². The molecule has 2 aromatic rings. The number of imidazole rings is 1. The molecule has 9 nitrogen and oxygen atoms in total. The molecule has 31 heavy (non-hydrogen) atoms. The molecule has 1 aromatic carbocycles. The molecule has 5 rings (SSSR count). The van der Waals surface area contributed by atoms with E-state index in [1.54, 1.807) is 18.6 Å². The summed E-state index contributed by atoms with van der Waals surface area (Å²) in [7, 11) is 0. The summed E-state index contributed by atoms with van der Waals surface area (Å²) in [5, 5.41) is 2.28. The molecule has 162 valence electrons. The van der Waals surface area contributed by atoms with Crippen LogP contribution in [0.15, 0.2) is 24.7 Å². The maximum Gasteiger partial charge on any atom is 0.255 e. The van der Waals surface area contributed by atoms with Crippen molar-refractivity contribution >= 4 is 23.4 Å². The highest BCUT2D eigenvalue weighted by atomic mass is 19.1. The number of anilines is 1. The molecule has 0 spiro atoms. The molecule has 0 aliphatic carbocycles. The normalized spacial score (nSPS) is 22.1. The topological polar surface area (TPSA) is 102 Å². The summed E-state index contributed by atoms with van der Waals surface area (Å²) in [5.41, 5.74) is 2.54. The molecule has 1 unspecified atom stereocenters. The number of halogens is 1. The predicted molar refractivity (Wildman–Crippen MR) is 109 cm³/mol. The van der Waals surface area contributed by atoms with Crippen LogP contribution in [0.4, 0.5) is 10.1 Å². The monoisotopic (exact) mass is 426 g/mol. The van der Waals surface area contributed by atoms with Crippen molar-refractivity contribution in [2.45, 2.75) is 32.0 Å². The van der Waals surface area contributed by atoms with Crippen LogP contribution in [0.25, 0.3) is 0 Å². The largest absolute Gasteiger partial charge is 0.367 e. The Balaban J connectivity index is 1.29. The van der Waals surface area contributed by atoms with Crippen molar-refractivity contribution in [2.24, 2.45) is 0 Å². The number of rotatable bonds is 4. The van der Waals surface area contributed by atoms with Crippen molar-refractivity contribution in [3.63, 3.8) is 0 Å². The first-order chi connectivity index (χ1) is 15.0. The van der Waals surface area contributed by atoms with Gasteiger partial charge in [-0.15, -0.1) is 0 Å². The molecule has 2 fully saturated rings. The zero-order chi connectivity index (χ0) is 21.5. The van der Waals surface area contributed by atoms with Crippen LogP contribution in [0.1, 0.15) is 34.5 Å². The highest BCUT2D eigenvalue weighted by Crippen LogP contribution is 2.33. The van der Waals surface area contributed by atoms with Gasteiger partial charge in [0, 0.05) is 63.1 Å². The number of aromatic nitrogens is 2. The number of fused-ring (bicyclic) bond motifs is 1. The van der Waals surface area contributed by atoms with Gasteiger partial charge in [-0.1, -0.05) is 0 Å². The fraction of sp³-hybridized carbons (Fsp3) is 0.429. The van der Waals surface area contributed by atoms with E-state index in [1.165, 1.54) is 11.0 Å². The van der Waals surface area contributed by atoms with E-state index < -0.39 is 17.8 Å². The summed E-state index contributed by atoms with van der Waals surface area (Å²) in [5.74, 6) is -1.59. The van der Waals surface area contributed by atoms with E-state index in [1.807, 2.05) is 4.90 Å². The third-order valence-electron chi connectivity index (χ3n) is 6.25. The smallest absolute Gasteiger partial charge is 0.255 e. The van der Waals surface area contributed by atoms with E-state index in [2.05, 4.69) is 20.2 Å². The second kappa shape index (κ2) is 7.77. The van der Waals surface area contributed by atoms with Gasteiger partial charge in [-0.05, 0) is 24.1 Å². The Kier molecular flexibility index (Phi) is 4.93. The molecule has 1 aromatic heterocycles. The maximum atomic E-state index is 14.9. The van der Waals surface area contributed by atoms with Crippen LogP contribution in [0, 0.1) is 5.82 Å². The van der Waals surface area contributed by atoms with Gasteiger partial charge in [0.2, 0.25) is 11.8 Å². The van der Waals surface area contributed by atoms with Gasteiger partial charge in [-0.3, -0.25) is 24.6 Å². The van der Waals surface area contributed by atoms with Gasteiger partial charge in [-0.25, -0.2) is 9.37 Å². The molecule has 0 saturated carbocycles. The number of nitrogens with zero attached hydrogens (tertiary/aromatic N) is 4. The summed E-state index contributed by atoms with van der Waals surface area (Å²) < 4.78 is 14.9. The number of piperidine rings is 1. The van der Waals surface area contributed by atoms with Crippen LogP contribution < -0.4 is 10.2 Å². The second-order valence-corrected chi connectivity index (χ2v) is 8.20. The summed E-state index contributed by atoms with van der Waals surface area (Å²) in [6.45, 7) is 3.94. The molecule has 0 bridgehead atoms. The first-order valence-corrected chi connectivity index (χ1v) is 10.4. The molecule has 2 saturated heterocycles. The molecule has 3 amide bonds. The van der Waals surface area contributed by atoms with Crippen molar-refractivity contribution in [3.8, 4) is 0 Å².